The zero-order valence-electron chi connectivity index (χ0n) is 16.4. The number of aromatic nitrogens is 4. The Hall–Kier alpha value is -2.88. The Bertz CT molecular complexity index is 1160. The first kappa shape index (κ1) is 21.8. The largest absolute Gasteiger partial charge is 0.416 e. The van der Waals surface area contributed by atoms with Crippen LogP contribution in [0, 0.1) is 0 Å². The predicted molar refractivity (Wildman–Crippen MR) is 106 cm³/mol. The number of anilines is 1. The molecule has 0 fully saturated rings. The highest BCUT2D eigenvalue weighted by Gasteiger charge is 2.31. The van der Waals surface area contributed by atoms with Gasteiger partial charge in [0.1, 0.15) is 5.39 Å². The summed E-state index contributed by atoms with van der Waals surface area (Å²) in [6, 6.07) is 2.66. The molecule has 11 heteroatoms. The van der Waals surface area contributed by atoms with Gasteiger partial charge in [0.25, 0.3) is 5.56 Å². The zero-order chi connectivity index (χ0) is 22.3. The zero-order valence-corrected chi connectivity index (χ0v) is 17.2. The lowest BCUT2D eigenvalue weighted by molar-refractivity contribution is -0.137. The highest BCUT2D eigenvalue weighted by Crippen LogP contribution is 2.33. The Morgan fingerprint density at radius 1 is 1.23 bits per heavy atom. The van der Waals surface area contributed by atoms with Gasteiger partial charge in [-0.1, -0.05) is 11.6 Å². The molecule has 0 spiro atoms. The van der Waals surface area contributed by atoms with Crippen molar-refractivity contribution in [3.05, 3.63) is 51.7 Å². The van der Waals surface area contributed by atoms with E-state index in [2.05, 4.69) is 15.4 Å². The topological polar surface area (TPSA) is 81.8 Å². The van der Waals surface area contributed by atoms with Gasteiger partial charge in [-0.25, -0.2) is 9.67 Å². The molecular formula is C19H19ClF3N5O2. The van der Waals surface area contributed by atoms with E-state index >= 15 is 0 Å². The molecule has 2 aromatic heterocycles. The number of amides is 1. The van der Waals surface area contributed by atoms with Gasteiger partial charge in [0.2, 0.25) is 5.91 Å². The van der Waals surface area contributed by atoms with Gasteiger partial charge in [-0.3, -0.25) is 14.2 Å². The van der Waals surface area contributed by atoms with Crippen LogP contribution >= 0.6 is 11.6 Å². The van der Waals surface area contributed by atoms with Crippen LogP contribution in [0.15, 0.2) is 35.5 Å². The van der Waals surface area contributed by atoms with Gasteiger partial charge in [0.05, 0.1) is 34.3 Å². The van der Waals surface area contributed by atoms with Crippen molar-refractivity contribution in [2.75, 3.05) is 5.32 Å². The van der Waals surface area contributed by atoms with Crippen LogP contribution in [0.5, 0.6) is 0 Å². The SMILES string of the molecule is CC(C)(C)n1ncc2c(=O)n(CCC(=O)Nc3cc(C(F)(F)F)ccc3Cl)cnc21. The second kappa shape index (κ2) is 7.75. The first-order valence-corrected chi connectivity index (χ1v) is 9.36. The van der Waals surface area contributed by atoms with E-state index in [9.17, 15) is 22.8 Å². The molecule has 1 amide bonds. The highest BCUT2D eigenvalue weighted by atomic mass is 35.5. The third-order valence-electron chi connectivity index (χ3n) is 4.34. The number of halogens is 4. The van der Waals surface area contributed by atoms with E-state index in [0.29, 0.717) is 11.0 Å². The summed E-state index contributed by atoms with van der Waals surface area (Å²) in [5.74, 6) is -0.589. The van der Waals surface area contributed by atoms with Gasteiger partial charge in [0.15, 0.2) is 5.65 Å². The van der Waals surface area contributed by atoms with Crippen LogP contribution < -0.4 is 10.9 Å². The van der Waals surface area contributed by atoms with E-state index in [1.807, 2.05) is 20.8 Å². The monoisotopic (exact) mass is 441 g/mol. The minimum atomic E-state index is -4.56. The van der Waals surface area contributed by atoms with Crippen molar-refractivity contribution in [3.8, 4) is 0 Å². The minimum Gasteiger partial charge on any atom is -0.325 e. The molecule has 1 aromatic carbocycles. The Balaban J connectivity index is 1.75. The van der Waals surface area contributed by atoms with Crippen LogP contribution in [0.4, 0.5) is 18.9 Å². The number of hydrogen-bond donors (Lipinski definition) is 1. The summed E-state index contributed by atoms with van der Waals surface area (Å²) >= 11 is 5.88. The molecule has 0 aliphatic heterocycles. The van der Waals surface area contributed by atoms with Gasteiger partial charge < -0.3 is 5.32 Å². The van der Waals surface area contributed by atoms with Crippen molar-refractivity contribution >= 4 is 34.2 Å². The third-order valence-corrected chi connectivity index (χ3v) is 4.67. The molecular weight excluding hydrogens is 423 g/mol. The first-order valence-electron chi connectivity index (χ1n) is 8.98. The van der Waals surface area contributed by atoms with Gasteiger partial charge in [-0.05, 0) is 39.0 Å². The number of carbonyl (C=O) groups excluding carboxylic acids is 1. The quantitative estimate of drug-likeness (QED) is 0.662. The second-order valence-corrected chi connectivity index (χ2v) is 8.11. The molecule has 7 nitrogen and oxygen atoms in total. The van der Waals surface area contributed by atoms with E-state index in [-0.39, 0.29) is 34.8 Å². The summed E-state index contributed by atoms with van der Waals surface area (Å²) in [5, 5.41) is 6.85. The number of rotatable bonds is 4. The van der Waals surface area contributed by atoms with Crippen molar-refractivity contribution in [3.63, 3.8) is 0 Å². The smallest absolute Gasteiger partial charge is 0.325 e. The molecule has 0 saturated carbocycles. The van der Waals surface area contributed by atoms with E-state index in [4.69, 9.17) is 11.6 Å². The van der Waals surface area contributed by atoms with Crippen molar-refractivity contribution in [1.29, 1.82) is 0 Å². The summed E-state index contributed by atoms with van der Waals surface area (Å²) in [6.07, 6.45) is -1.98. The van der Waals surface area contributed by atoms with Gasteiger partial charge in [-0.2, -0.15) is 18.3 Å². The lowest BCUT2D eigenvalue weighted by Gasteiger charge is -2.19. The Kier molecular flexibility index (Phi) is 5.64. The van der Waals surface area contributed by atoms with Crippen LogP contribution in [0.25, 0.3) is 11.0 Å². The van der Waals surface area contributed by atoms with Crippen LogP contribution in [-0.2, 0) is 23.1 Å². The number of nitrogens with one attached hydrogen (secondary N) is 1. The second-order valence-electron chi connectivity index (χ2n) is 7.70. The number of nitrogens with zero attached hydrogens (tertiary/aromatic N) is 4. The summed E-state index contributed by atoms with van der Waals surface area (Å²) in [6.45, 7) is 5.77. The van der Waals surface area contributed by atoms with Gasteiger partial charge in [0, 0.05) is 13.0 Å². The fourth-order valence-electron chi connectivity index (χ4n) is 2.83. The molecule has 0 aliphatic rings. The first-order chi connectivity index (χ1) is 13.9. The molecule has 0 bridgehead atoms. The molecule has 3 rings (SSSR count). The lowest BCUT2D eigenvalue weighted by Crippen LogP contribution is -2.26. The van der Waals surface area contributed by atoms with E-state index < -0.39 is 17.6 Å². The Morgan fingerprint density at radius 2 is 1.93 bits per heavy atom. The van der Waals surface area contributed by atoms with Crippen LogP contribution in [0.1, 0.15) is 32.8 Å². The summed E-state index contributed by atoms with van der Waals surface area (Å²) in [7, 11) is 0. The van der Waals surface area contributed by atoms with E-state index in [1.165, 1.54) is 17.1 Å². The molecule has 0 unspecified atom stereocenters. The predicted octanol–water partition coefficient (Wildman–Crippen LogP) is 4.05. The van der Waals surface area contributed by atoms with Crippen LogP contribution in [-0.4, -0.2) is 25.2 Å². The van der Waals surface area contributed by atoms with Gasteiger partial charge >= 0.3 is 6.18 Å². The van der Waals surface area contributed by atoms with E-state index in [1.54, 1.807) is 4.68 Å². The Labute approximate surface area is 174 Å². The van der Waals surface area contributed by atoms with E-state index in [0.717, 1.165) is 18.2 Å². The minimum absolute atomic E-state index is 0.00904. The third kappa shape index (κ3) is 4.48. The van der Waals surface area contributed by atoms with Crippen molar-refractivity contribution < 1.29 is 18.0 Å². The molecule has 0 atom stereocenters. The van der Waals surface area contributed by atoms with Gasteiger partial charge in [-0.15, -0.1) is 0 Å². The fraction of sp³-hybridized carbons (Fsp3) is 0.368. The average Bonchev–Trinajstić information content (AvgIpc) is 3.07. The number of carbonyl (C=O) groups is 1. The number of fused-ring (bicyclic) bond motifs is 1. The molecule has 0 radical (unpaired) electrons. The summed E-state index contributed by atoms with van der Waals surface area (Å²) < 4.78 is 41.4. The summed E-state index contributed by atoms with van der Waals surface area (Å²) in [4.78, 5) is 29.1. The van der Waals surface area contributed by atoms with Crippen LogP contribution in [0.3, 0.4) is 0 Å². The molecule has 3 aromatic rings. The fourth-order valence-corrected chi connectivity index (χ4v) is 3.00. The average molecular weight is 442 g/mol. The molecule has 0 aliphatic carbocycles. The van der Waals surface area contributed by atoms with Crippen molar-refractivity contribution in [1.82, 2.24) is 19.3 Å². The normalized spacial score (nSPS) is 12.4. The maximum Gasteiger partial charge on any atom is 0.416 e. The maximum atomic E-state index is 12.8. The molecule has 0 saturated heterocycles. The maximum absolute atomic E-state index is 12.8. The molecule has 2 heterocycles. The lowest BCUT2D eigenvalue weighted by atomic mass is 10.1. The van der Waals surface area contributed by atoms with Crippen molar-refractivity contribution in [2.45, 2.75) is 45.5 Å². The highest BCUT2D eigenvalue weighted by molar-refractivity contribution is 6.33. The molecule has 30 heavy (non-hydrogen) atoms. The number of aryl methyl sites for hydroxylation is 1. The number of benzene rings is 1. The summed E-state index contributed by atoms with van der Waals surface area (Å²) in [5.41, 5.74) is -1.37. The van der Waals surface area contributed by atoms with Crippen molar-refractivity contribution in [2.24, 2.45) is 0 Å². The number of hydrogen-bond acceptors (Lipinski definition) is 4. The molecule has 1 N–H and O–H groups in total. The van der Waals surface area contributed by atoms with Crippen LogP contribution in [0.2, 0.25) is 5.02 Å². The number of alkyl halides is 3. The Morgan fingerprint density at radius 3 is 2.57 bits per heavy atom. The standard InChI is InChI=1S/C19H19ClF3N5O2/c1-18(2,3)28-16-12(9-25-28)17(30)27(10-24-16)7-6-15(29)26-14-8-11(19(21,22)23)4-5-13(14)20/h4-5,8-10H,6-7H2,1-3H3,(H,26,29). The molecule has 160 valence electrons.